The van der Waals surface area contributed by atoms with Crippen molar-refractivity contribution in [1.29, 1.82) is 0 Å². The third-order valence-corrected chi connectivity index (χ3v) is 10.8. The molecule has 0 amide bonds. The third-order valence-electron chi connectivity index (χ3n) is 10.8. The van der Waals surface area contributed by atoms with Crippen molar-refractivity contribution in [1.82, 2.24) is 0 Å². The molecule has 0 unspecified atom stereocenters. The summed E-state index contributed by atoms with van der Waals surface area (Å²) in [4.78, 5) is 0. The molecule has 0 saturated carbocycles. The van der Waals surface area contributed by atoms with Gasteiger partial charge < -0.3 is 4.42 Å². The molecule has 1 aromatic heterocycles. The van der Waals surface area contributed by atoms with Gasteiger partial charge in [0.2, 0.25) is 0 Å². The summed E-state index contributed by atoms with van der Waals surface area (Å²) in [6, 6.07) is 66.4. The standard InChI is InChI=1S/C50H30O/c1-2-13-31(14-3-1)34-23-12-24-37-36-17-6-7-18-38(36)44(30-43(34)37)49-41-21-10-8-19-39(41)48(40-20-9-11-22-42(40)49)33-26-27-46-45(29-33)50-35-16-5-4-15-32(35)25-28-47(50)51-46/h1-30H. The second kappa shape index (κ2) is 10.9. The average Bonchev–Trinajstić information content (AvgIpc) is 3.58. The maximum atomic E-state index is 6.42. The molecule has 11 aromatic rings. The number of benzene rings is 10. The summed E-state index contributed by atoms with van der Waals surface area (Å²) < 4.78 is 6.42. The fourth-order valence-corrected chi connectivity index (χ4v) is 8.64. The van der Waals surface area contributed by atoms with Crippen LogP contribution in [0.4, 0.5) is 0 Å². The van der Waals surface area contributed by atoms with Gasteiger partial charge in [-0.05, 0) is 112 Å². The molecule has 10 aromatic carbocycles. The van der Waals surface area contributed by atoms with Gasteiger partial charge >= 0.3 is 0 Å². The van der Waals surface area contributed by atoms with E-state index in [-0.39, 0.29) is 0 Å². The Morgan fingerprint density at radius 1 is 0.275 bits per heavy atom. The summed E-state index contributed by atoms with van der Waals surface area (Å²) in [5.41, 5.74) is 9.26. The Morgan fingerprint density at radius 3 is 1.59 bits per heavy atom. The molecule has 0 bridgehead atoms. The summed E-state index contributed by atoms with van der Waals surface area (Å²) in [6.45, 7) is 0. The molecule has 0 aliphatic heterocycles. The molecule has 0 saturated heterocycles. The Labute approximate surface area is 294 Å². The van der Waals surface area contributed by atoms with Crippen molar-refractivity contribution in [2.45, 2.75) is 0 Å². The molecule has 1 heteroatoms. The minimum Gasteiger partial charge on any atom is -0.456 e. The molecule has 0 aliphatic rings. The first-order valence-electron chi connectivity index (χ1n) is 17.6. The Bertz CT molecular complexity index is 3130. The van der Waals surface area contributed by atoms with Gasteiger partial charge in [-0.1, -0.05) is 158 Å². The Kier molecular flexibility index (Phi) is 6.02. The van der Waals surface area contributed by atoms with Crippen molar-refractivity contribution in [2.24, 2.45) is 0 Å². The predicted octanol–water partition coefficient (Wildman–Crippen LogP) is 14.4. The molecule has 0 aliphatic carbocycles. The van der Waals surface area contributed by atoms with Gasteiger partial charge in [-0.15, -0.1) is 0 Å². The maximum Gasteiger partial charge on any atom is 0.136 e. The number of furan rings is 1. The van der Waals surface area contributed by atoms with Gasteiger partial charge in [0.05, 0.1) is 0 Å². The Morgan fingerprint density at radius 2 is 0.843 bits per heavy atom. The molecule has 0 fully saturated rings. The topological polar surface area (TPSA) is 13.1 Å². The smallest absolute Gasteiger partial charge is 0.136 e. The minimum absolute atomic E-state index is 0.909. The van der Waals surface area contributed by atoms with Crippen LogP contribution < -0.4 is 0 Å². The lowest BCUT2D eigenvalue weighted by Crippen LogP contribution is -1.93. The highest BCUT2D eigenvalue weighted by Gasteiger charge is 2.21. The van der Waals surface area contributed by atoms with Gasteiger partial charge in [-0.25, -0.2) is 0 Å². The highest BCUT2D eigenvalue weighted by molar-refractivity contribution is 6.27. The van der Waals surface area contributed by atoms with Gasteiger partial charge in [0, 0.05) is 10.8 Å². The van der Waals surface area contributed by atoms with E-state index in [4.69, 9.17) is 4.42 Å². The lowest BCUT2D eigenvalue weighted by Gasteiger charge is -2.20. The number of rotatable bonds is 3. The zero-order chi connectivity index (χ0) is 33.5. The number of fused-ring (bicyclic) bond motifs is 10. The molecular weight excluding hydrogens is 617 g/mol. The molecule has 0 N–H and O–H groups in total. The average molecular weight is 647 g/mol. The second-order valence-corrected chi connectivity index (χ2v) is 13.6. The van der Waals surface area contributed by atoms with Crippen LogP contribution in [0.15, 0.2) is 186 Å². The van der Waals surface area contributed by atoms with Crippen LogP contribution in [-0.4, -0.2) is 0 Å². The number of hydrogen-bond donors (Lipinski definition) is 0. The van der Waals surface area contributed by atoms with Crippen LogP contribution in [0, 0.1) is 0 Å². The van der Waals surface area contributed by atoms with Crippen LogP contribution in [0.3, 0.4) is 0 Å². The van der Waals surface area contributed by atoms with Crippen molar-refractivity contribution >= 4 is 75.8 Å². The van der Waals surface area contributed by atoms with E-state index < -0.39 is 0 Å². The molecule has 0 atom stereocenters. The normalized spacial score (nSPS) is 11.9. The Hall–Kier alpha value is -6.70. The molecule has 11 rings (SSSR count). The van der Waals surface area contributed by atoms with Gasteiger partial charge in [0.15, 0.2) is 0 Å². The fraction of sp³-hybridized carbons (Fsp3) is 0. The summed E-state index contributed by atoms with van der Waals surface area (Å²) >= 11 is 0. The molecule has 1 heterocycles. The highest BCUT2D eigenvalue weighted by Crippen LogP contribution is 2.48. The molecular formula is C50H30O. The van der Waals surface area contributed by atoms with Crippen molar-refractivity contribution in [2.75, 3.05) is 0 Å². The summed E-state index contributed by atoms with van der Waals surface area (Å²) in [5, 5.41) is 14.8. The molecule has 0 spiro atoms. The van der Waals surface area contributed by atoms with E-state index in [1.807, 2.05) is 0 Å². The van der Waals surface area contributed by atoms with Crippen LogP contribution in [0.5, 0.6) is 0 Å². The van der Waals surface area contributed by atoms with Crippen molar-refractivity contribution in [3.63, 3.8) is 0 Å². The van der Waals surface area contributed by atoms with Crippen molar-refractivity contribution < 1.29 is 4.42 Å². The third kappa shape index (κ3) is 4.16. The van der Waals surface area contributed by atoms with Gasteiger partial charge in [-0.3, -0.25) is 0 Å². The van der Waals surface area contributed by atoms with Crippen LogP contribution in [0.2, 0.25) is 0 Å². The largest absolute Gasteiger partial charge is 0.456 e. The zero-order valence-electron chi connectivity index (χ0n) is 27.7. The SMILES string of the molecule is c1ccc(-c2cccc3c2cc(-c2c4ccccc4c(-c4ccc5oc6ccc7ccccc7c6c5c4)c4ccccc24)c2ccccc23)cc1. The molecule has 0 radical (unpaired) electrons. The minimum atomic E-state index is 0.909. The van der Waals surface area contributed by atoms with Gasteiger partial charge in [-0.2, -0.15) is 0 Å². The van der Waals surface area contributed by atoms with E-state index in [2.05, 4.69) is 182 Å². The number of hydrogen-bond acceptors (Lipinski definition) is 1. The van der Waals surface area contributed by atoms with E-state index in [1.165, 1.54) is 92.6 Å². The van der Waals surface area contributed by atoms with E-state index >= 15 is 0 Å². The molecule has 51 heavy (non-hydrogen) atoms. The summed E-state index contributed by atoms with van der Waals surface area (Å²) in [7, 11) is 0. The summed E-state index contributed by atoms with van der Waals surface area (Å²) in [5.74, 6) is 0. The highest BCUT2D eigenvalue weighted by atomic mass is 16.3. The first-order chi connectivity index (χ1) is 25.3. The first-order valence-corrected chi connectivity index (χ1v) is 17.6. The Balaban J connectivity index is 1.25. The lowest BCUT2D eigenvalue weighted by molar-refractivity contribution is 0.669. The quantitative estimate of drug-likeness (QED) is 0.138. The van der Waals surface area contributed by atoms with Crippen molar-refractivity contribution in [3.05, 3.63) is 182 Å². The zero-order valence-corrected chi connectivity index (χ0v) is 27.7. The van der Waals surface area contributed by atoms with Crippen LogP contribution in [0.1, 0.15) is 0 Å². The second-order valence-electron chi connectivity index (χ2n) is 13.6. The van der Waals surface area contributed by atoms with Crippen LogP contribution in [0.25, 0.3) is 109 Å². The van der Waals surface area contributed by atoms with Crippen LogP contribution in [-0.2, 0) is 0 Å². The monoisotopic (exact) mass is 646 g/mol. The lowest BCUT2D eigenvalue weighted by atomic mass is 9.83. The van der Waals surface area contributed by atoms with E-state index in [9.17, 15) is 0 Å². The van der Waals surface area contributed by atoms with E-state index in [0.717, 1.165) is 16.6 Å². The first kappa shape index (κ1) is 28.2. The fourth-order valence-electron chi connectivity index (χ4n) is 8.64. The van der Waals surface area contributed by atoms with E-state index in [0.29, 0.717) is 0 Å². The molecule has 236 valence electrons. The summed E-state index contributed by atoms with van der Waals surface area (Å²) in [6.07, 6.45) is 0. The predicted molar refractivity (Wildman–Crippen MR) is 218 cm³/mol. The maximum absolute atomic E-state index is 6.42. The van der Waals surface area contributed by atoms with Crippen LogP contribution >= 0.6 is 0 Å². The molecule has 1 nitrogen and oxygen atoms in total. The van der Waals surface area contributed by atoms with Gasteiger partial charge in [0.1, 0.15) is 11.2 Å². The van der Waals surface area contributed by atoms with Gasteiger partial charge in [0.25, 0.3) is 0 Å². The van der Waals surface area contributed by atoms with Crippen molar-refractivity contribution in [3.8, 4) is 33.4 Å². The van der Waals surface area contributed by atoms with E-state index in [1.54, 1.807) is 0 Å².